The molecule has 8 nitrogen and oxygen atoms in total. The fraction of sp³-hybridized carbons (Fsp3) is 0.483. The third kappa shape index (κ3) is 8.83. The first-order valence-electron chi connectivity index (χ1n) is 13.4. The summed E-state index contributed by atoms with van der Waals surface area (Å²) in [7, 11) is 0. The smallest absolute Gasteiger partial charge is 0.242 e. The summed E-state index contributed by atoms with van der Waals surface area (Å²) in [5.74, 6) is -0.720. The van der Waals surface area contributed by atoms with Crippen LogP contribution in [0.1, 0.15) is 51.2 Å². The third-order valence-electron chi connectivity index (χ3n) is 6.48. The maximum Gasteiger partial charge on any atom is 0.242 e. The second-order valence-corrected chi connectivity index (χ2v) is 9.85. The number of nitrogens with one attached hydrogen (secondary N) is 4. The zero-order chi connectivity index (χ0) is 27.5. The number of halogens is 1. The Labute approximate surface area is 224 Å². The highest BCUT2D eigenvalue weighted by molar-refractivity contribution is 5.92. The lowest BCUT2D eigenvalue weighted by atomic mass is 10.0. The molecule has 38 heavy (non-hydrogen) atoms. The van der Waals surface area contributed by atoms with Crippen LogP contribution in [-0.2, 0) is 27.2 Å². The summed E-state index contributed by atoms with van der Waals surface area (Å²) in [6.07, 6.45) is 2.84. The fourth-order valence-electron chi connectivity index (χ4n) is 4.43. The summed E-state index contributed by atoms with van der Waals surface area (Å²) in [5, 5.41) is 11.7. The van der Waals surface area contributed by atoms with Gasteiger partial charge in [0.2, 0.25) is 17.7 Å². The van der Waals surface area contributed by atoms with E-state index in [-0.39, 0.29) is 24.2 Å². The predicted octanol–water partition coefficient (Wildman–Crippen LogP) is 2.65. The van der Waals surface area contributed by atoms with Crippen LogP contribution in [0.25, 0.3) is 0 Å². The van der Waals surface area contributed by atoms with Crippen LogP contribution in [0.4, 0.5) is 4.39 Å². The summed E-state index contributed by atoms with van der Waals surface area (Å²) in [6, 6.07) is 11.3. The van der Waals surface area contributed by atoms with Crippen LogP contribution in [0.3, 0.4) is 0 Å². The third-order valence-corrected chi connectivity index (χ3v) is 6.48. The van der Waals surface area contributed by atoms with Gasteiger partial charge in [-0.15, -0.1) is 0 Å². The Kier molecular flexibility index (Phi) is 11.1. The van der Waals surface area contributed by atoms with Crippen molar-refractivity contribution in [3.63, 3.8) is 0 Å². The van der Waals surface area contributed by atoms with Crippen molar-refractivity contribution in [2.45, 2.75) is 77.0 Å². The van der Waals surface area contributed by atoms with Gasteiger partial charge < -0.3 is 20.7 Å². The number of hydrogen-bond donors (Lipinski definition) is 4. The van der Waals surface area contributed by atoms with Crippen LogP contribution in [0.2, 0.25) is 0 Å². The van der Waals surface area contributed by atoms with Crippen LogP contribution >= 0.6 is 0 Å². The lowest BCUT2D eigenvalue weighted by Crippen LogP contribution is -2.56. The molecular weight excluding hydrogens is 487 g/mol. The number of rotatable bonds is 4. The molecule has 9 heteroatoms. The molecule has 4 atom stereocenters. The molecule has 1 aliphatic heterocycles. The zero-order valence-electron chi connectivity index (χ0n) is 22.4. The van der Waals surface area contributed by atoms with Gasteiger partial charge in [0.15, 0.2) is 0 Å². The molecule has 2 aromatic rings. The molecule has 0 radical (unpaired) electrons. The standard InChI is InChI=1S/C29H39FN4O4/c1-4-9-24-28(36)31-15-8-12-22-11-5-6-14-26(22)38-18-19(2)32-25(17-21-10-7-13-23(30)16-21)29(37)33-20(3)27(35)34-24/h5-7,10-11,13-14,16,19-20,24-25,32H,4,8-9,12,15,17-18H2,1-3H3,(H,31,36)(H,33,37)(H,34,35)/t19-,20+,24-,25+/m0/s1. The van der Waals surface area contributed by atoms with Gasteiger partial charge in [-0.25, -0.2) is 4.39 Å². The van der Waals surface area contributed by atoms with E-state index in [1.54, 1.807) is 19.1 Å². The highest BCUT2D eigenvalue weighted by Gasteiger charge is 2.27. The summed E-state index contributed by atoms with van der Waals surface area (Å²) in [5.41, 5.74) is 1.67. The lowest BCUT2D eigenvalue weighted by molar-refractivity contribution is -0.132. The minimum atomic E-state index is -0.871. The van der Waals surface area contributed by atoms with Gasteiger partial charge in [-0.3, -0.25) is 19.7 Å². The van der Waals surface area contributed by atoms with Gasteiger partial charge in [0.05, 0.1) is 6.04 Å². The molecule has 0 aromatic heterocycles. The molecule has 0 saturated heterocycles. The number of para-hydroxylation sites is 1. The fourth-order valence-corrected chi connectivity index (χ4v) is 4.43. The van der Waals surface area contributed by atoms with Gasteiger partial charge in [0, 0.05) is 12.6 Å². The SMILES string of the molecule is CCC[C@@H]1NC(=O)[C@@H](C)NC(=O)[C@@H](Cc2cccc(F)c2)N[C@@H](C)COc2ccccc2CCCNC1=O. The minimum absolute atomic E-state index is 0.219. The first kappa shape index (κ1) is 29.1. The van der Waals surface area contributed by atoms with Crippen molar-refractivity contribution < 1.29 is 23.5 Å². The Balaban J connectivity index is 1.84. The van der Waals surface area contributed by atoms with Crippen LogP contribution in [0.15, 0.2) is 48.5 Å². The van der Waals surface area contributed by atoms with Crippen molar-refractivity contribution in [1.82, 2.24) is 21.3 Å². The van der Waals surface area contributed by atoms with Crippen LogP contribution < -0.4 is 26.0 Å². The van der Waals surface area contributed by atoms with Crippen LogP contribution in [0.5, 0.6) is 5.75 Å². The maximum atomic E-state index is 13.8. The maximum absolute atomic E-state index is 13.8. The molecule has 0 bridgehead atoms. The van der Waals surface area contributed by atoms with Gasteiger partial charge in [-0.1, -0.05) is 43.7 Å². The number of hydrogen-bond acceptors (Lipinski definition) is 5. The van der Waals surface area contributed by atoms with E-state index in [1.807, 2.05) is 38.1 Å². The van der Waals surface area contributed by atoms with E-state index in [0.717, 1.165) is 17.7 Å². The van der Waals surface area contributed by atoms with Crippen molar-refractivity contribution in [1.29, 1.82) is 0 Å². The second kappa shape index (κ2) is 14.5. The Morgan fingerprint density at radius 1 is 0.947 bits per heavy atom. The molecule has 4 N–H and O–H groups in total. The lowest BCUT2D eigenvalue weighted by Gasteiger charge is -2.26. The molecule has 3 rings (SSSR count). The van der Waals surface area contributed by atoms with Crippen LogP contribution in [-0.4, -0.2) is 55.0 Å². The Bertz CT molecular complexity index is 1100. The number of carbonyl (C=O) groups excluding carboxylic acids is 3. The zero-order valence-corrected chi connectivity index (χ0v) is 22.4. The molecule has 0 saturated carbocycles. The molecule has 0 aliphatic carbocycles. The van der Waals surface area contributed by atoms with Crippen molar-refractivity contribution in [3.05, 3.63) is 65.5 Å². The van der Waals surface area contributed by atoms with E-state index in [0.29, 0.717) is 38.0 Å². The Hall–Kier alpha value is -3.46. The molecule has 0 fully saturated rings. The van der Waals surface area contributed by atoms with Crippen molar-refractivity contribution >= 4 is 17.7 Å². The Morgan fingerprint density at radius 3 is 2.50 bits per heavy atom. The largest absolute Gasteiger partial charge is 0.492 e. The first-order valence-corrected chi connectivity index (χ1v) is 13.4. The molecule has 0 spiro atoms. The highest BCUT2D eigenvalue weighted by Crippen LogP contribution is 2.20. The van der Waals surface area contributed by atoms with Gasteiger partial charge >= 0.3 is 0 Å². The molecule has 0 unspecified atom stereocenters. The summed E-state index contributed by atoms with van der Waals surface area (Å²) in [6.45, 7) is 6.20. The monoisotopic (exact) mass is 526 g/mol. The van der Waals surface area contributed by atoms with Crippen molar-refractivity contribution in [2.24, 2.45) is 0 Å². The number of amides is 3. The van der Waals surface area contributed by atoms with E-state index < -0.39 is 29.9 Å². The first-order chi connectivity index (χ1) is 18.3. The Morgan fingerprint density at radius 2 is 1.74 bits per heavy atom. The molecular formula is C29H39FN4O4. The highest BCUT2D eigenvalue weighted by atomic mass is 19.1. The van der Waals surface area contributed by atoms with E-state index in [1.165, 1.54) is 12.1 Å². The van der Waals surface area contributed by atoms with E-state index in [2.05, 4.69) is 21.3 Å². The molecule has 3 amide bonds. The summed E-state index contributed by atoms with van der Waals surface area (Å²) in [4.78, 5) is 39.0. The minimum Gasteiger partial charge on any atom is -0.492 e. The number of fused-ring (bicyclic) bond motifs is 1. The quantitative estimate of drug-likeness (QED) is 0.490. The van der Waals surface area contributed by atoms with Crippen molar-refractivity contribution in [2.75, 3.05) is 13.2 Å². The average molecular weight is 527 g/mol. The van der Waals surface area contributed by atoms with Gasteiger partial charge in [-0.05, 0) is 68.9 Å². The van der Waals surface area contributed by atoms with Crippen LogP contribution in [0, 0.1) is 5.82 Å². The number of aryl methyl sites for hydroxylation is 1. The average Bonchev–Trinajstić information content (AvgIpc) is 2.89. The van der Waals surface area contributed by atoms with E-state index in [9.17, 15) is 18.8 Å². The van der Waals surface area contributed by atoms with Gasteiger partial charge in [0.1, 0.15) is 30.3 Å². The van der Waals surface area contributed by atoms with Gasteiger partial charge in [0.25, 0.3) is 0 Å². The predicted molar refractivity (Wildman–Crippen MR) is 144 cm³/mol. The molecule has 2 aromatic carbocycles. The van der Waals surface area contributed by atoms with E-state index in [4.69, 9.17) is 4.74 Å². The molecule has 1 heterocycles. The molecule has 1 aliphatic rings. The molecule has 206 valence electrons. The number of carbonyl (C=O) groups is 3. The second-order valence-electron chi connectivity index (χ2n) is 9.85. The summed E-state index contributed by atoms with van der Waals surface area (Å²) < 4.78 is 19.9. The summed E-state index contributed by atoms with van der Waals surface area (Å²) >= 11 is 0. The van der Waals surface area contributed by atoms with Crippen molar-refractivity contribution in [3.8, 4) is 5.75 Å². The topological polar surface area (TPSA) is 109 Å². The van der Waals surface area contributed by atoms with E-state index >= 15 is 0 Å². The number of benzene rings is 2. The normalized spacial score (nSPS) is 24.1. The van der Waals surface area contributed by atoms with Gasteiger partial charge in [-0.2, -0.15) is 0 Å². The number of ether oxygens (including phenoxy) is 1.